The summed E-state index contributed by atoms with van der Waals surface area (Å²) in [5, 5.41) is 4.26. The van der Waals surface area contributed by atoms with E-state index in [1.807, 2.05) is 37.3 Å². The van der Waals surface area contributed by atoms with Gasteiger partial charge in [0.2, 0.25) is 0 Å². The van der Waals surface area contributed by atoms with Crippen molar-refractivity contribution in [3.05, 3.63) is 81.9 Å². The zero-order chi connectivity index (χ0) is 21.0. The van der Waals surface area contributed by atoms with Crippen LogP contribution < -0.4 is 10.9 Å². The van der Waals surface area contributed by atoms with Crippen molar-refractivity contribution in [2.75, 3.05) is 0 Å². The summed E-state index contributed by atoms with van der Waals surface area (Å²) < 4.78 is 11.1. The third-order valence-corrected chi connectivity index (χ3v) is 5.51. The highest BCUT2D eigenvalue weighted by atomic mass is 16.4. The van der Waals surface area contributed by atoms with Crippen molar-refractivity contribution >= 4 is 33.9 Å². The number of hydrogen-bond acceptors (Lipinski definition) is 5. The van der Waals surface area contributed by atoms with Gasteiger partial charge in [-0.05, 0) is 43.2 Å². The summed E-state index contributed by atoms with van der Waals surface area (Å²) in [7, 11) is 0. The van der Waals surface area contributed by atoms with Crippen LogP contribution in [0.2, 0.25) is 0 Å². The van der Waals surface area contributed by atoms with Gasteiger partial charge in [0, 0.05) is 16.8 Å². The molecule has 1 atom stereocenters. The van der Waals surface area contributed by atoms with E-state index in [9.17, 15) is 14.4 Å². The zero-order valence-corrected chi connectivity index (χ0v) is 16.4. The zero-order valence-electron chi connectivity index (χ0n) is 16.4. The molecule has 1 aliphatic heterocycles. The molecule has 1 N–H and O–H groups in total. The maximum atomic E-state index is 13.3. The Labute approximate surface area is 170 Å². The highest BCUT2D eigenvalue weighted by Gasteiger charge is 2.51. The van der Waals surface area contributed by atoms with Gasteiger partial charge >= 0.3 is 11.7 Å². The summed E-state index contributed by atoms with van der Waals surface area (Å²) in [4.78, 5) is 39.1. The van der Waals surface area contributed by atoms with Gasteiger partial charge < -0.3 is 14.2 Å². The molecule has 0 saturated carbocycles. The molecule has 0 aliphatic carbocycles. The van der Waals surface area contributed by atoms with Crippen LogP contribution in [0.25, 0.3) is 21.9 Å². The quantitative estimate of drug-likeness (QED) is 0.415. The SMILES string of the molecule is Cc1ccc2c(CN3C(=O)N[C@](C)(c4cc5ccccc5o4)C3=O)cc(=O)oc2c1. The van der Waals surface area contributed by atoms with Crippen LogP contribution in [0.1, 0.15) is 23.8 Å². The van der Waals surface area contributed by atoms with Crippen LogP contribution in [0.4, 0.5) is 4.79 Å². The van der Waals surface area contributed by atoms with Crippen molar-refractivity contribution in [1.29, 1.82) is 0 Å². The molecular weight excluding hydrogens is 384 g/mol. The van der Waals surface area contributed by atoms with Crippen LogP contribution >= 0.6 is 0 Å². The average Bonchev–Trinajstić information content (AvgIpc) is 3.23. The second-order valence-electron chi connectivity index (χ2n) is 7.69. The van der Waals surface area contributed by atoms with Gasteiger partial charge in [-0.2, -0.15) is 0 Å². The fraction of sp³-hybridized carbons (Fsp3) is 0.174. The maximum Gasteiger partial charge on any atom is 0.336 e. The van der Waals surface area contributed by atoms with E-state index >= 15 is 0 Å². The predicted molar refractivity (Wildman–Crippen MR) is 110 cm³/mol. The second kappa shape index (κ2) is 6.32. The van der Waals surface area contributed by atoms with E-state index in [0.29, 0.717) is 27.9 Å². The molecule has 0 spiro atoms. The molecule has 4 aromatic rings. The van der Waals surface area contributed by atoms with Gasteiger partial charge in [-0.3, -0.25) is 9.69 Å². The number of imide groups is 1. The number of furan rings is 1. The molecular formula is C23H18N2O5. The van der Waals surface area contributed by atoms with Gasteiger partial charge in [-0.1, -0.05) is 30.3 Å². The average molecular weight is 402 g/mol. The van der Waals surface area contributed by atoms with Crippen molar-refractivity contribution in [3.8, 4) is 0 Å². The standard InChI is InChI=1S/C23H18N2O5/c1-13-7-8-16-15(11-20(26)30-18(16)9-13)12-25-21(27)23(2,24-22(25)28)19-10-14-5-3-4-6-17(14)29-19/h3-11H,12H2,1-2H3,(H,24,28)/t23-/m1/s1. The van der Waals surface area contributed by atoms with E-state index < -0.39 is 23.1 Å². The Morgan fingerprint density at radius 2 is 1.77 bits per heavy atom. The van der Waals surface area contributed by atoms with Gasteiger partial charge in [-0.25, -0.2) is 9.59 Å². The Balaban J connectivity index is 1.54. The molecule has 3 heterocycles. The Morgan fingerprint density at radius 3 is 2.57 bits per heavy atom. The van der Waals surface area contributed by atoms with Crippen LogP contribution in [0.3, 0.4) is 0 Å². The molecule has 7 heteroatoms. The summed E-state index contributed by atoms with van der Waals surface area (Å²) in [6.07, 6.45) is 0. The lowest BCUT2D eigenvalue weighted by atomic mass is 9.98. The predicted octanol–water partition coefficient (Wildman–Crippen LogP) is 3.81. The first kappa shape index (κ1) is 18.2. The Hall–Kier alpha value is -3.87. The number of fused-ring (bicyclic) bond motifs is 2. The molecule has 150 valence electrons. The van der Waals surface area contributed by atoms with Crippen molar-refractivity contribution < 1.29 is 18.4 Å². The van der Waals surface area contributed by atoms with E-state index in [4.69, 9.17) is 8.83 Å². The minimum atomic E-state index is -1.33. The Morgan fingerprint density at radius 1 is 0.967 bits per heavy atom. The summed E-state index contributed by atoms with van der Waals surface area (Å²) >= 11 is 0. The molecule has 1 aliphatic rings. The number of benzene rings is 2. The molecule has 0 unspecified atom stereocenters. The summed E-state index contributed by atoms with van der Waals surface area (Å²) in [6, 6.07) is 15.4. The number of nitrogens with zero attached hydrogens (tertiary/aromatic N) is 1. The highest BCUT2D eigenvalue weighted by molar-refractivity contribution is 6.07. The third kappa shape index (κ3) is 2.70. The number of amides is 3. The molecule has 2 aromatic carbocycles. The third-order valence-electron chi connectivity index (χ3n) is 5.51. The molecule has 30 heavy (non-hydrogen) atoms. The van der Waals surface area contributed by atoms with Gasteiger partial charge in [0.25, 0.3) is 5.91 Å². The van der Waals surface area contributed by atoms with Crippen LogP contribution in [-0.4, -0.2) is 16.8 Å². The van der Waals surface area contributed by atoms with Crippen molar-refractivity contribution in [1.82, 2.24) is 10.2 Å². The first-order chi connectivity index (χ1) is 14.3. The lowest BCUT2D eigenvalue weighted by Crippen LogP contribution is -2.40. The highest BCUT2D eigenvalue weighted by Crippen LogP contribution is 2.34. The molecule has 5 rings (SSSR count). The number of nitrogens with one attached hydrogen (secondary N) is 1. The molecule has 3 amide bonds. The number of para-hydroxylation sites is 1. The number of carbonyl (C=O) groups excluding carboxylic acids is 2. The lowest BCUT2D eigenvalue weighted by Gasteiger charge is -2.19. The number of hydrogen-bond donors (Lipinski definition) is 1. The van der Waals surface area contributed by atoms with E-state index in [1.165, 1.54) is 6.07 Å². The van der Waals surface area contributed by atoms with Crippen LogP contribution in [0.5, 0.6) is 0 Å². The molecule has 1 saturated heterocycles. The first-order valence-corrected chi connectivity index (χ1v) is 9.52. The fourth-order valence-electron chi connectivity index (χ4n) is 3.87. The minimum Gasteiger partial charge on any atom is -0.458 e. The monoisotopic (exact) mass is 402 g/mol. The lowest BCUT2D eigenvalue weighted by molar-refractivity contribution is -0.132. The number of aryl methyl sites for hydroxylation is 1. The van der Waals surface area contributed by atoms with E-state index in [0.717, 1.165) is 15.8 Å². The van der Waals surface area contributed by atoms with Crippen molar-refractivity contribution in [2.45, 2.75) is 25.9 Å². The first-order valence-electron chi connectivity index (χ1n) is 9.52. The summed E-state index contributed by atoms with van der Waals surface area (Å²) in [6.45, 7) is 3.46. The number of carbonyl (C=O) groups is 2. The smallest absolute Gasteiger partial charge is 0.336 e. The van der Waals surface area contributed by atoms with Gasteiger partial charge in [0.1, 0.15) is 16.9 Å². The summed E-state index contributed by atoms with van der Waals surface area (Å²) in [5.74, 6) is -0.0855. The van der Waals surface area contributed by atoms with E-state index in [2.05, 4.69) is 5.32 Å². The molecule has 0 radical (unpaired) electrons. The van der Waals surface area contributed by atoms with Crippen LogP contribution in [0.15, 0.2) is 68.2 Å². The molecule has 2 aromatic heterocycles. The fourth-order valence-corrected chi connectivity index (χ4v) is 3.87. The normalized spacial score (nSPS) is 19.1. The Bertz CT molecular complexity index is 1370. The minimum absolute atomic E-state index is 0.0500. The van der Waals surface area contributed by atoms with Gasteiger partial charge in [0.15, 0.2) is 5.54 Å². The largest absolute Gasteiger partial charge is 0.458 e. The second-order valence-corrected chi connectivity index (χ2v) is 7.69. The topological polar surface area (TPSA) is 92.8 Å². The summed E-state index contributed by atoms with van der Waals surface area (Å²) in [5.41, 5.74) is 0.673. The van der Waals surface area contributed by atoms with Crippen molar-refractivity contribution in [3.63, 3.8) is 0 Å². The molecule has 0 bridgehead atoms. The van der Waals surface area contributed by atoms with Gasteiger partial charge in [0.05, 0.1) is 6.54 Å². The van der Waals surface area contributed by atoms with Crippen molar-refractivity contribution in [2.24, 2.45) is 0 Å². The number of urea groups is 1. The van der Waals surface area contributed by atoms with Crippen LogP contribution in [-0.2, 0) is 16.9 Å². The number of rotatable bonds is 3. The van der Waals surface area contributed by atoms with Crippen LogP contribution in [0, 0.1) is 6.92 Å². The molecule has 1 fully saturated rings. The van der Waals surface area contributed by atoms with E-state index in [-0.39, 0.29) is 6.54 Å². The molecule has 7 nitrogen and oxygen atoms in total. The Kier molecular flexibility index (Phi) is 3.83. The van der Waals surface area contributed by atoms with Gasteiger partial charge in [-0.15, -0.1) is 0 Å². The van der Waals surface area contributed by atoms with E-state index in [1.54, 1.807) is 25.1 Å². The maximum absolute atomic E-state index is 13.3.